The molecule has 6 heteroatoms. The lowest BCUT2D eigenvalue weighted by Crippen LogP contribution is -2.58. The first-order chi connectivity index (χ1) is 14.4. The Balaban J connectivity index is 1.74. The molecule has 2 saturated heterocycles. The van der Waals surface area contributed by atoms with Crippen LogP contribution >= 0.6 is 11.3 Å². The van der Waals surface area contributed by atoms with Crippen molar-refractivity contribution >= 4 is 23.2 Å². The van der Waals surface area contributed by atoms with E-state index in [2.05, 4.69) is 28.9 Å². The lowest BCUT2D eigenvalue weighted by atomic mass is 9.83. The van der Waals surface area contributed by atoms with Gasteiger partial charge in [0.15, 0.2) is 0 Å². The van der Waals surface area contributed by atoms with E-state index in [9.17, 15) is 9.59 Å². The molecule has 0 aliphatic carbocycles. The third kappa shape index (κ3) is 3.89. The molecule has 30 heavy (non-hydrogen) atoms. The number of benzene rings is 1. The summed E-state index contributed by atoms with van der Waals surface area (Å²) in [6.07, 6.45) is 5.26. The highest BCUT2D eigenvalue weighted by Gasteiger charge is 2.54. The van der Waals surface area contributed by atoms with Crippen molar-refractivity contribution in [2.45, 2.75) is 76.9 Å². The van der Waals surface area contributed by atoms with Crippen LogP contribution in [0.3, 0.4) is 0 Å². The third-order valence-corrected chi connectivity index (χ3v) is 7.65. The molecule has 2 aromatic rings. The summed E-state index contributed by atoms with van der Waals surface area (Å²) >= 11 is 1.58. The Morgan fingerprint density at radius 2 is 1.97 bits per heavy atom. The van der Waals surface area contributed by atoms with Gasteiger partial charge in [-0.25, -0.2) is 4.98 Å². The number of amides is 2. The summed E-state index contributed by atoms with van der Waals surface area (Å²) in [5, 5.41) is 2.97. The van der Waals surface area contributed by atoms with Gasteiger partial charge in [0.05, 0.1) is 34.7 Å². The number of hydrogen-bond donors (Lipinski definition) is 0. The maximum Gasteiger partial charge on any atom is 0.229 e. The zero-order chi connectivity index (χ0) is 21.3. The number of thiazole rings is 1. The minimum atomic E-state index is -0.347. The van der Waals surface area contributed by atoms with Gasteiger partial charge in [-0.15, -0.1) is 11.3 Å². The van der Waals surface area contributed by atoms with Gasteiger partial charge in [0.1, 0.15) is 0 Å². The van der Waals surface area contributed by atoms with Crippen molar-refractivity contribution in [3.8, 4) is 0 Å². The van der Waals surface area contributed by atoms with E-state index < -0.39 is 0 Å². The van der Waals surface area contributed by atoms with Gasteiger partial charge in [0.2, 0.25) is 11.8 Å². The number of hydrogen-bond acceptors (Lipinski definition) is 4. The van der Waals surface area contributed by atoms with Crippen LogP contribution in [0.25, 0.3) is 0 Å². The molecular formula is C24H31N3O2S. The van der Waals surface area contributed by atoms with Gasteiger partial charge >= 0.3 is 0 Å². The molecule has 0 radical (unpaired) electrons. The molecule has 0 unspecified atom stereocenters. The quantitative estimate of drug-likeness (QED) is 0.727. The minimum absolute atomic E-state index is 0.0200. The minimum Gasteiger partial charge on any atom is -0.335 e. The maximum atomic E-state index is 13.7. The Kier molecular flexibility index (Phi) is 5.96. The normalized spacial score (nSPS) is 26.8. The summed E-state index contributed by atoms with van der Waals surface area (Å²) in [5.41, 5.74) is 1.65. The maximum absolute atomic E-state index is 13.7. The zero-order valence-electron chi connectivity index (χ0n) is 18.1. The number of aromatic nitrogens is 1. The van der Waals surface area contributed by atoms with E-state index in [0.29, 0.717) is 6.42 Å². The fraction of sp³-hybridized carbons (Fsp3) is 0.542. The van der Waals surface area contributed by atoms with Crippen molar-refractivity contribution in [2.24, 2.45) is 0 Å². The predicted molar refractivity (Wildman–Crippen MR) is 119 cm³/mol. The van der Waals surface area contributed by atoms with Crippen LogP contribution in [0, 0.1) is 6.92 Å². The van der Waals surface area contributed by atoms with Crippen molar-refractivity contribution < 1.29 is 9.59 Å². The number of nitrogens with zero attached hydrogens (tertiary/aromatic N) is 3. The Labute approximate surface area is 183 Å². The van der Waals surface area contributed by atoms with E-state index in [1.807, 2.05) is 35.4 Å². The second kappa shape index (κ2) is 8.50. The first-order valence-electron chi connectivity index (χ1n) is 11.0. The molecule has 5 nitrogen and oxygen atoms in total. The standard InChI is InChI=1S/C24H31N3O2S/c1-17-25-20(16-30-17)14-23(29)27-21(19-10-6-4-7-11-19)15-24(3)22(27)12-8-5-9-13-26(24)18(2)28/h4,6-7,10-11,16,21-22H,5,8-9,12-15H2,1-3H3/t21-,22-,24-/m0/s1. The van der Waals surface area contributed by atoms with Crippen LogP contribution in [0.5, 0.6) is 0 Å². The van der Waals surface area contributed by atoms with Crippen molar-refractivity contribution in [3.05, 3.63) is 52.0 Å². The summed E-state index contributed by atoms with van der Waals surface area (Å²) in [5.74, 6) is 0.229. The van der Waals surface area contributed by atoms with Gasteiger partial charge in [0, 0.05) is 18.8 Å². The topological polar surface area (TPSA) is 53.5 Å². The van der Waals surface area contributed by atoms with Crippen molar-refractivity contribution in [2.75, 3.05) is 6.54 Å². The Morgan fingerprint density at radius 1 is 1.20 bits per heavy atom. The van der Waals surface area contributed by atoms with Crippen LogP contribution in [-0.2, 0) is 16.0 Å². The fourth-order valence-corrected chi connectivity index (χ4v) is 6.09. The summed E-state index contributed by atoms with van der Waals surface area (Å²) in [7, 11) is 0. The molecule has 2 amide bonds. The van der Waals surface area contributed by atoms with Crippen molar-refractivity contribution in [1.29, 1.82) is 0 Å². The van der Waals surface area contributed by atoms with E-state index in [1.165, 1.54) is 0 Å². The average Bonchev–Trinajstić information content (AvgIpc) is 3.24. The zero-order valence-corrected chi connectivity index (χ0v) is 19.0. The van der Waals surface area contributed by atoms with E-state index >= 15 is 0 Å². The average molecular weight is 426 g/mol. The number of fused-ring (bicyclic) bond motifs is 1. The first kappa shape index (κ1) is 21.0. The Bertz CT molecular complexity index is 912. The van der Waals surface area contributed by atoms with Crippen LogP contribution in [0.2, 0.25) is 0 Å². The molecule has 0 saturated carbocycles. The molecule has 0 N–H and O–H groups in total. The van der Waals surface area contributed by atoms with Crippen LogP contribution in [0.15, 0.2) is 35.7 Å². The predicted octanol–water partition coefficient (Wildman–Crippen LogP) is 4.52. The largest absolute Gasteiger partial charge is 0.335 e. The molecule has 160 valence electrons. The molecule has 3 heterocycles. The molecule has 1 aromatic heterocycles. The summed E-state index contributed by atoms with van der Waals surface area (Å²) in [4.78, 5) is 35.0. The number of rotatable bonds is 3. The SMILES string of the molecule is CC(=O)N1CCCCC[C@@H]2N(C(=O)Cc3csc(C)n3)[C@H](c3ccccc3)C[C@@]21C. The number of aryl methyl sites for hydroxylation is 1. The smallest absolute Gasteiger partial charge is 0.229 e. The molecule has 0 bridgehead atoms. The highest BCUT2D eigenvalue weighted by atomic mass is 32.1. The van der Waals surface area contributed by atoms with Gasteiger partial charge in [-0.1, -0.05) is 43.2 Å². The second-order valence-corrected chi connectivity index (χ2v) is 9.92. The van der Waals surface area contributed by atoms with Gasteiger partial charge in [-0.05, 0) is 38.7 Å². The van der Waals surface area contributed by atoms with E-state index in [1.54, 1.807) is 18.3 Å². The molecule has 2 aliphatic heterocycles. The fourth-order valence-electron chi connectivity index (χ4n) is 5.48. The highest BCUT2D eigenvalue weighted by molar-refractivity contribution is 7.09. The molecule has 2 aliphatic rings. The van der Waals surface area contributed by atoms with Crippen molar-refractivity contribution in [3.63, 3.8) is 0 Å². The number of carbonyl (C=O) groups is 2. The molecule has 3 atom stereocenters. The van der Waals surface area contributed by atoms with Crippen LogP contribution in [-0.4, -0.2) is 44.7 Å². The molecule has 2 fully saturated rings. The van der Waals surface area contributed by atoms with E-state index in [-0.39, 0.29) is 29.4 Å². The van der Waals surface area contributed by atoms with Gasteiger partial charge in [0.25, 0.3) is 0 Å². The summed E-state index contributed by atoms with van der Waals surface area (Å²) in [6.45, 7) is 6.61. The van der Waals surface area contributed by atoms with Crippen LogP contribution in [0.4, 0.5) is 0 Å². The van der Waals surface area contributed by atoms with Crippen LogP contribution in [0.1, 0.15) is 68.3 Å². The van der Waals surface area contributed by atoms with Crippen molar-refractivity contribution in [1.82, 2.24) is 14.8 Å². The molecule has 0 spiro atoms. The highest BCUT2D eigenvalue weighted by Crippen LogP contribution is 2.48. The third-order valence-electron chi connectivity index (χ3n) is 6.82. The van der Waals surface area contributed by atoms with Gasteiger partial charge in [-0.3, -0.25) is 9.59 Å². The van der Waals surface area contributed by atoms with Gasteiger partial charge < -0.3 is 9.80 Å². The molecule has 1 aromatic carbocycles. The monoisotopic (exact) mass is 425 g/mol. The summed E-state index contributed by atoms with van der Waals surface area (Å²) in [6, 6.07) is 10.3. The number of likely N-dealkylation sites (tertiary alicyclic amines) is 2. The Morgan fingerprint density at radius 3 is 2.63 bits per heavy atom. The molecular weight excluding hydrogens is 394 g/mol. The number of carbonyl (C=O) groups excluding carboxylic acids is 2. The Hall–Kier alpha value is -2.21. The lowest BCUT2D eigenvalue weighted by molar-refractivity contribution is -0.141. The first-order valence-corrected chi connectivity index (χ1v) is 11.8. The van der Waals surface area contributed by atoms with Crippen LogP contribution < -0.4 is 0 Å². The second-order valence-electron chi connectivity index (χ2n) is 8.86. The van der Waals surface area contributed by atoms with E-state index in [0.717, 1.165) is 54.9 Å². The lowest BCUT2D eigenvalue weighted by Gasteiger charge is -2.45. The molecule has 4 rings (SSSR count). The van der Waals surface area contributed by atoms with Gasteiger partial charge in [-0.2, -0.15) is 0 Å². The summed E-state index contributed by atoms with van der Waals surface area (Å²) < 4.78 is 0. The van der Waals surface area contributed by atoms with E-state index in [4.69, 9.17) is 0 Å².